The van der Waals surface area contributed by atoms with Gasteiger partial charge in [0.25, 0.3) is 0 Å². The first-order valence-corrected chi connectivity index (χ1v) is 25.1. The maximum atomic E-state index is 13.1. The molecule has 3 N–H and O–H groups in total. The minimum Gasteiger partial charge on any atom is -0.458 e. The van der Waals surface area contributed by atoms with E-state index in [-0.39, 0.29) is 24.9 Å². The van der Waals surface area contributed by atoms with Crippen LogP contribution in [0.4, 0.5) is 0 Å². The topological polar surface area (TPSA) is 95.9 Å². The number of hydrogen-bond donors (Lipinski definition) is 3. The number of unbranched alkanes of at least 4 members (excludes halogenated alkanes) is 15. The van der Waals surface area contributed by atoms with E-state index in [0.717, 1.165) is 96.3 Å². The van der Waals surface area contributed by atoms with Crippen molar-refractivity contribution >= 4 is 11.9 Å². The van der Waals surface area contributed by atoms with Gasteiger partial charge in [-0.25, -0.2) is 0 Å². The van der Waals surface area contributed by atoms with Gasteiger partial charge in [0.1, 0.15) is 6.10 Å². The molecule has 0 aliphatic rings. The SMILES string of the molecule is CC/C=C\C/C=C\C/C=C\C/C=C\C/C=C\C/C=C\C(CC(=O)NC(CO)C(O)CCCCCCCCCCC)OC(=O)CCCCCC/C=C\C/C=C\C/C=C\CCCCC. The standard InChI is InChI=1S/C56H93NO5/c1-4-7-10-13-16-19-21-23-25-27-29-31-33-36-38-41-44-47-52(50-55(60)57-53(51-58)54(59)48-45-42-39-35-18-15-12-9-6-3)62-56(61)49-46-43-40-37-34-32-30-28-26-24-22-20-17-14-11-8-5-2/h7,10,16-17,19-20,23-26,29-32,36,38,44,47,52-54,58-59H,4-6,8-9,11-15,18,21-22,27-28,33-35,37,39-43,45-46,48-51H2,1-3H3,(H,57,60)/b10-7-,19-16-,20-17-,25-23-,26-24-,31-29-,32-30-,38-36-,47-44-. The van der Waals surface area contributed by atoms with Crippen LogP contribution in [0.5, 0.6) is 0 Å². The molecule has 3 unspecified atom stereocenters. The average molecular weight is 860 g/mol. The molecule has 0 aromatic carbocycles. The molecule has 0 aliphatic heterocycles. The van der Waals surface area contributed by atoms with Crippen molar-refractivity contribution in [1.29, 1.82) is 0 Å². The highest BCUT2D eigenvalue weighted by Crippen LogP contribution is 2.14. The summed E-state index contributed by atoms with van der Waals surface area (Å²) in [4.78, 5) is 26.0. The number of carbonyl (C=O) groups is 2. The largest absolute Gasteiger partial charge is 0.458 e. The van der Waals surface area contributed by atoms with Crippen LogP contribution in [0.1, 0.15) is 207 Å². The Labute approximate surface area is 381 Å². The van der Waals surface area contributed by atoms with Gasteiger partial charge in [-0.2, -0.15) is 0 Å². The van der Waals surface area contributed by atoms with Crippen molar-refractivity contribution in [3.05, 3.63) is 109 Å². The predicted molar refractivity (Wildman–Crippen MR) is 268 cm³/mol. The van der Waals surface area contributed by atoms with E-state index in [1.807, 2.05) is 6.08 Å². The van der Waals surface area contributed by atoms with Crippen LogP contribution < -0.4 is 5.32 Å². The van der Waals surface area contributed by atoms with Crippen molar-refractivity contribution in [3.63, 3.8) is 0 Å². The van der Waals surface area contributed by atoms with Crippen molar-refractivity contribution < 1.29 is 24.5 Å². The number of amides is 1. The van der Waals surface area contributed by atoms with Crippen molar-refractivity contribution in [1.82, 2.24) is 5.32 Å². The summed E-state index contributed by atoms with van der Waals surface area (Å²) in [5.74, 6) is -0.667. The molecule has 352 valence electrons. The van der Waals surface area contributed by atoms with Crippen LogP contribution in [0.15, 0.2) is 109 Å². The molecule has 0 bridgehead atoms. The van der Waals surface area contributed by atoms with Crippen LogP contribution in [0.3, 0.4) is 0 Å². The lowest BCUT2D eigenvalue weighted by molar-refractivity contribution is -0.148. The van der Waals surface area contributed by atoms with Crippen LogP contribution in [-0.4, -0.2) is 46.9 Å². The number of rotatable bonds is 43. The number of nitrogens with one attached hydrogen (secondary N) is 1. The van der Waals surface area contributed by atoms with Crippen LogP contribution in [0.25, 0.3) is 0 Å². The number of ether oxygens (including phenoxy) is 1. The molecule has 0 rings (SSSR count). The summed E-state index contributed by atoms with van der Waals surface area (Å²) in [5, 5.41) is 23.6. The number of aliphatic hydroxyl groups is 2. The van der Waals surface area contributed by atoms with Crippen molar-refractivity contribution in [3.8, 4) is 0 Å². The average Bonchev–Trinajstić information content (AvgIpc) is 3.26. The summed E-state index contributed by atoms with van der Waals surface area (Å²) >= 11 is 0. The van der Waals surface area contributed by atoms with Crippen LogP contribution in [-0.2, 0) is 14.3 Å². The molecule has 6 nitrogen and oxygen atoms in total. The van der Waals surface area contributed by atoms with Gasteiger partial charge in [-0.15, -0.1) is 0 Å². The summed E-state index contributed by atoms with van der Waals surface area (Å²) in [6.07, 6.45) is 66.1. The Hall–Kier alpha value is -3.48. The Morgan fingerprint density at radius 1 is 0.500 bits per heavy atom. The van der Waals surface area contributed by atoms with Crippen molar-refractivity contribution in [2.45, 2.75) is 225 Å². The Morgan fingerprint density at radius 3 is 1.40 bits per heavy atom. The van der Waals surface area contributed by atoms with Crippen LogP contribution >= 0.6 is 0 Å². The Balaban J connectivity index is 4.84. The molecule has 0 heterocycles. The van der Waals surface area contributed by atoms with Gasteiger partial charge in [-0.1, -0.05) is 208 Å². The Morgan fingerprint density at radius 2 is 0.903 bits per heavy atom. The van der Waals surface area contributed by atoms with Crippen molar-refractivity contribution in [2.75, 3.05) is 6.61 Å². The number of hydrogen-bond acceptors (Lipinski definition) is 5. The lowest BCUT2D eigenvalue weighted by Gasteiger charge is -2.23. The third kappa shape index (κ3) is 43.2. The summed E-state index contributed by atoms with van der Waals surface area (Å²) in [7, 11) is 0. The Bertz CT molecular complexity index is 1280. The Kier molecular flexibility index (Phi) is 45.8. The molecule has 62 heavy (non-hydrogen) atoms. The summed E-state index contributed by atoms with van der Waals surface area (Å²) in [6.45, 7) is 6.26. The van der Waals surface area contributed by atoms with E-state index in [1.54, 1.807) is 6.08 Å². The van der Waals surface area contributed by atoms with Gasteiger partial charge in [0.2, 0.25) is 5.91 Å². The molecule has 1 amide bonds. The molecule has 0 saturated heterocycles. The number of esters is 1. The summed E-state index contributed by atoms with van der Waals surface area (Å²) in [5.41, 5.74) is 0. The number of aliphatic hydroxyl groups excluding tert-OH is 2. The molecule has 0 aromatic heterocycles. The molecule has 0 spiro atoms. The van der Waals surface area contributed by atoms with Crippen molar-refractivity contribution in [2.24, 2.45) is 0 Å². The molecule has 0 fully saturated rings. The van der Waals surface area contributed by atoms with E-state index in [2.05, 4.69) is 123 Å². The summed E-state index contributed by atoms with van der Waals surface area (Å²) in [6, 6.07) is -0.753. The molecule has 0 aromatic rings. The lowest BCUT2D eigenvalue weighted by atomic mass is 10.0. The molecule has 0 aliphatic carbocycles. The summed E-state index contributed by atoms with van der Waals surface area (Å²) < 4.78 is 5.81. The van der Waals surface area contributed by atoms with E-state index in [0.29, 0.717) is 19.3 Å². The fourth-order valence-electron chi connectivity index (χ4n) is 6.78. The fourth-order valence-corrected chi connectivity index (χ4v) is 6.78. The zero-order valence-corrected chi connectivity index (χ0v) is 40.0. The van der Waals surface area contributed by atoms with Gasteiger partial charge in [-0.3, -0.25) is 9.59 Å². The van der Waals surface area contributed by atoms with E-state index >= 15 is 0 Å². The van der Waals surface area contributed by atoms with Crippen LogP contribution in [0.2, 0.25) is 0 Å². The zero-order valence-electron chi connectivity index (χ0n) is 40.0. The molecular formula is C56H93NO5. The van der Waals surface area contributed by atoms with Gasteiger partial charge in [-0.05, 0) is 96.0 Å². The van der Waals surface area contributed by atoms with E-state index < -0.39 is 18.2 Å². The van der Waals surface area contributed by atoms with Gasteiger partial charge >= 0.3 is 5.97 Å². The molecular weight excluding hydrogens is 767 g/mol. The third-order valence-corrected chi connectivity index (χ3v) is 10.6. The highest BCUT2D eigenvalue weighted by Gasteiger charge is 2.23. The van der Waals surface area contributed by atoms with Gasteiger partial charge in [0.15, 0.2) is 0 Å². The normalized spacial score (nSPS) is 14.2. The van der Waals surface area contributed by atoms with E-state index in [4.69, 9.17) is 4.74 Å². The van der Waals surface area contributed by atoms with E-state index in [1.165, 1.54) is 64.2 Å². The molecule has 0 saturated carbocycles. The quantitative estimate of drug-likeness (QED) is 0.0322. The smallest absolute Gasteiger partial charge is 0.306 e. The third-order valence-electron chi connectivity index (χ3n) is 10.6. The molecule has 3 atom stereocenters. The highest BCUT2D eigenvalue weighted by atomic mass is 16.5. The second-order valence-corrected chi connectivity index (χ2v) is 16.5. The van der Waals surface area contributed by atoms with Gasteiger partial charge in [0.05, 0.1) is 25.2 Å². The zero-order chi connectivity index (χ0) is 45.2. The lowest BCUT2D eigenvalue weighted by Crippen LogP contribution is -2.46. The maximum Gasteiger partial charge on any atom is 0.306 e. The van der Waals surface area contributed by atoms with E-state index in [9.17, 15) is 19.8 Å². The first-order valence-electron chi connectivity index (χ1n) is 25.1. The second kappa shape index (κ2) is 48.6. The minimum absolute atomic E-state index is 0.0631. The predicted octanol–water partition coefficient (Wildman–Crippen LogP) is 15.1. The second-order valence-electron chi connectivity index (χ2n) is 16.5. The van der Waals surface area contributed by atoms with Gasteiger partial charge < -0.3 is 20.3 Å². The van der Waals surface area contributed by atoms with Gasteiger partial charge in [0, 0.05) is 6.42 Å². The van der Waals surface area contributed by atoms with Crippen LogP contribution in [0, 0.1) is 0 Å². The monoisotopic (exact) mass is 860 g/mol. The fraction of sp³-hybridized carbons (Fsp3) is 0.643. The maximum absolute atomic E-state index is 13.1. The minimum atomic E-state index is -0.829. The molecule has 0 radical (unpaired) electrons. The number of carbonyl (C=O) groups excluding carboxylic acids is 2. The first-order chi connectivity index (χ1) is 30.5. The highest BCUT2D eigenvalue weighted by molar-refractivity contribution is 5.78. The first kappa shape index (κ1) is 58.5. The molecule has 6 heteroatoms. The number of allylic oxidation sites excluding steroid dienone is 17.